The van der Waals surface area contributed by atoms with Crippen LogP contribution in [-0.4, -0.2) is 23.7 Å². The summed E-state index contributed by atoms with van der Waals surface area (Å²) in [7, 11) is 0. The topological polar surface area (TPSA) is 49.3 Å². The summed E-state index contributed by atoms with van der Waals surface area (Å²) >= 11 is 0. The van der Waals surface area contributed by atoms with E-state index >= 15 is 0 Å². The third-order valence-electron chi connectivity index (χ3n) is 1.72. The molecule has 13 heavy (non-hydrogen) atoms. The second-order valence-corrected chi connectivity index (χ2v) is 3.44. The monoisotopic (exact) mass is 185 g/mol. The first kappa shape index (κ1) is 12.2. The van der Waals surface area contributed by atoms with E-state index in [2.05, 4.69) is 19.2 Å². The second-order valence-electron chi connectivity index (χ2n) is 3.44. The van der Waals surface area contributed by atoms with Crippen molar-refractivity contribution in [2.75, 3.05) is 6.54 Å². The highest BCUT2D eigenvalue weighted by Crippen LogP contribution is 1.97. The minimum atomic E-state index is -0.822. The lowest BCUT2D eigenvalue weighted by Gasteiger charge is -2.05. The molecule has 0 unspecified atom stereocenters. The zero-order chi connectivity index (χ0) is 10.3. The molecule has 3 nitrogen and oxygen atoms in total. The number of aliphatic carboxylic acids is 1. The van der Waals surface area contributed by atoms with E-state index in [-0.39, 0.29) is 0 Å². The summed E-state index contributed by atoms with van der Waals surface area (Å²) in [5.74, 6) is -0.822. The van der Waals surface area contributed by atoms with E-state index in [0.717, 1.165) is 19.4 Å². The van der Waals surface area contributed by atoms with Crippen LogP contribution >= 0.6 is 0 Å². The van der Waals surface area contributed by atoms with Crippen LogP contribution in [0.1, 0.15) is 33.6 Å². The van der Waals surface area contributed by atoms with Gasteiger partial charge >= 0.3 is 5.97 Å². The smallest absolute Gasteiger partial charge is 0.330 e. The van der Waals surface area contributed by atoms with E-state index in [4.69, 9.17) is 5.11 Å². The molecule has 0 amide bonds. The molecule has 0 aromatic carbocycles. The lowest BCUT2D eigenvalue weighted by Crippen LogP contribution is -2.23. The van der Waals surface area contributed by atoms with Gasteiger partial charge in [0.15, 0.2) is 0 Å². The number of carboxylic acids is 1. The van der Waals surface area contributed by atoms with E-state index in [0.29, 0.717) is 11.6 Å². The van der Waals surface area contributed by atoms with Crippen LogP contribution in [0.15, 0.2) is 11.6 Å². The Balaban J connectivity index is 3.45. The molecule has 0 fully saturated rings. The standard InChI is InChI=1S/C10H19NO2/c1-8(2)11-7-5-4-6-9(3)10(12)13/h6,8,11H,4-5,7H2,1-3H3,(H,12,13)/b9-6+. The van der Waals surface area contributed by atoms with Gasteiger partial charge < -0.3 is 10.4 Å². The maximum Gasteiger partial charge on any atom is 0.330 e. The van der Waals surface area contributed by atoms with Gasteiger partial charge in [-0.05, 0) is 26.3 Å². The number of allylic oxidation sites excluding steroid dienone is 1. The Labute approximate surface area is 79.8 Å². The average Bonchev–Trinajstić information content (AvgIpc) is 2.02. The predicted octanol–water partition coefficient (Wildman–Crippen LogP) is 1.80. The third kappa shape index (κ3) is 7.53. The van der Waals surface area contributed by atoms with Gasteiger partial charge in [-0.1, -0.05) is 19.9 Å². The summed E-state index contributed by atoms with van der Waals surface area (Å²) in [5, 5.41) is 11.8. The largest absolute Gasteiger partial charge is 0.478 e. The van der Waals surface area contributed by atoms with Crippen LogP contribution in [0.25, 0.3) is 0 Å². The lowest BCUT2D eigenvalue weighted by atomic mass is 10.2. The summed E-state index contributed by atoms with van der Waals surface area (Å²) in [4.78, 5) is 10.4. The minimum absolute atomic E-state index is 0.435. The fourth-order valence-corrected chi connectivity index (χ4v) is 0.899. The molecule has 0 aromatic heterocycles. The average molecular weight is 185 g/mol. The fraction of sp³-hybridized carbons (Fsp3) is 0.700. The number of hydrogen-bond acceptors (Lipinski definition) is 2. The van der Waals surface area contributed by atoms with Gasteiger partial charge in [-0.25, -0.2) is 4.79 Å². The Morgan fingerprint density at radius 1 is 1.54 bits per heavy atom. The molecule has 0 saturated carbocycles. The van der Waals surface area contributed by atoms with Crippen LogP contribution in [0.2, 0.25) is 0 Å². The first-order valence-corrected chi connectivity index (χ1v) is 4.67. The molecule has 76 valence electrons. The van der Waals surface area contributed by atoms with E-state index in [1.165, 1.54) is 0 Å². The summed E-state index contributed by atoms with van der Waals surface area (Å²) < 4.78 is 0. The lowest BCUT2D eigenvalue weighted by molar-refractivity contribution is -0.132. The van der Waals surface area contributed by atoms with Gasteiger partial charge in [-0.2, -0.15) is 0 Å². The molecular weight excluding hydrogens is 166 g/mol. The van der Waals surface area contributed by atoms with Crippen molar-refractivity contribution in [1.29, 1.82) is 0 Å². The van der Waals surface area contributed by atoms with E-state index in [9.17, 15) is 4.79 Å². The van der Waals surface area contributed by atoms with Crippen molar-refractivity contribution in [2.45, 2.75) is 39.7 Å². The maximum atomic E-state index is 10.4. The van der Waals surface area contributed by atoms with Crippen molar-refractivity contribution in [3.8, 4) is 0 Å². The molecule has 0 heterocycles. The predicted molar refractivity (Wildman–Crippen MR) is 53.8 cm³/mol. The summed E-state index contributed by atoms with van der Waals surface area (Å²) in [6, 6.07) is 0.504. The van der Waals surface area contributed by atoms with Gasteiger partial charge in [0.25, 0.3) is 0 Å². The Morgan fingerprint density at radius 2 is 2.15 bits per heavy atom. The van der Waals surface area contributed by atoms with Gasteiger partial charge in [0.1, 0.15) is 0 Å². The first-order chi connectivity index (χ1) is 6.04. The first-order valence-electron chi connectivity index (χ1n) is 4.67. The number of nitrogens with one attached hydrogen (secondary N) is 1. The molecule has 0 rings (SSSR count). The quantitative estimate of drug-likeness (QED) is 0.490. The molecule has 3 heteroatoms. The summed E-state index contributed by atoms with van der Waals surface area (Å²) in [6.07, 6.45) is 3.59. The fourth-order valence-electron chi connectivity index (χ4n) is 0.899. The van der Waals surface area contributed by atoms with E-state index in [1.54, 1.807) is 13.0 Å². The molecule has 0 saturated heterocycles. The molecule has 0 spiro atoms. The normalized spacial score (nSPS) is 12.2. The molecule has 2 N–H and O–H groups in total. The molecule has 0 aliphatic carbocycles. The van der Waals surface area contributed by atoms with Gasteiger partial charge in [-0.15, -0.1) is 0 Å². The highest BCUT2D eigenvalue weighted by Gasteiger charge is 1.97. The van der Waals surface area contributed by atoms with Crippen LogP contribution in [0.3, 0.4) is 0 Å². The third-order valence-corrected chi connectivity index (χ3v) is 1.72. The Hall–Kier alpha value is -0.830. The highest BCUT2D eigenvalue weighted by atomic mass is 16.4. The number of hydrogen-bond donors (Lipinski definition) is 2. The highest BCUT2D eigenvalue weighted by molar-refractivity contribution is 5.85. The summed E-state index contributed by atoms with van der Waals surface area (Å²) in [5.41, 5.74) is 0.435. The number of carboxylic acid groups (broad SMARTS) is 1. The van der Waals surface area contributed by atoms with Gasteiger partial charge in [0.2, 0.25) is 0 Å². The Morgan fingerprint density at radius 3 is 2.62 bits per heavy atom. The van der Waals surface area contributed by atoms with Crippen molar-refractivity contribution < 1.29 is 9.90 Å². The molecule has 0 aromatic rings. The second kappa shape index (κ2) is 6.66. The molecule has 0 aliphatic heterocycles. The van der Waals surface area contributed by atoms with Gasteiger partial charge in [0, 0.05) is 11.6 Å². The van der Waals surface area contributed by atoms with Gasteiger partial charge in [0.05, 0.1) is 0 Å². The molecule has 0 atom stereocenters. The van der Waals surface area contributed by atoms with Crippen LogP contribution in [-0.2, 0) is 4.79 Å². The van der Waals surface area contributed by atoms with Gasteiger partial charge in [-0.3, -0.25) is 0 Å². The number of carbonyl (C=O) groups is 1. The van der Waals surface area contributed by atoms with E-state index in [1.807, 2.05) is 0 Å². The van der Waals surface area contributed by atoms with E-state index < -0.39 is 5.97 Å². The molecule has 0 radical (unpaired) electrons. The van der Waals surface area contributed by atoms with Crippen LogP contribution in [0.4, 0.5) is 0 Å². The zero-order valence-electron chi connectivity index (χ0n) is 8.63. The Bertz CT molecular complexity index is 185. The number of unbranched alkanes of at least 4 members (excludes halogenated alkanes) is 1. The van der Waals surface area contributed by atoms with Crippen molar-refractivity contribution >= 4 is 5.97 Å². The van der Waals surface area contributed by atoms with Crippen LogP contribution in [0.5, 0.6) is 0 Å². The Kier molecular flexibility index (Phi) is 6.24. The van der Waals surface area contributed by atoms with Crippen molar-refractivity contribution in [2.24, 2.45) is 0 Å². The van der Waals surface area contributed by atoms with Crippen molar-refractivity contribution in [1.82, 2.24) is 5.32 Å². The van der Waals surface area contributed by atoms with Crippen LogP contribution < -0.4 is 5.32 Å². The molecule has 0 aliphatic rings. The van der Waals surface area contributed by atoms with Crippen LogP contribution in [0, 0.1) is 0 Å². The molecular formula is C10H19NO2. The minimum Gasteiger partial charge on any atom is -0.478 e. The summed E-state index contributed by atoms with van der Waals surface area (Å²) in [6.45, 7) is 6.76. The maximum absolute atomic E-state index is 10.4. The number of rotatable bonds is 6. The van der Waals surface area contributed by atoms with Crippen molar-refractivity contribution in [3.63, 3.8) is 0 Å². The zero-order valence-corrected chi connectivity index (χ0v) is 8.63. The molecule has 0 bridgehead atoms. The SMILES string of the molecule is C/C(=C\CCCNC(C)C)C(=O)O. The van der Waals surface area contributed by atoms with Crippen molar-refractivity contribution in [3.05, 3.63) is 11.6 Å².